The topological polar surface area (TPSA) is 70.7 Å². The van der Waals surface area contributed by atoms with Gasteiger partial charge in [-0.25, -0.2) is 0 Å². The molecule has 1 saturated heterocycles. The molecule has 0 unspecified atom stereocenters. The van der Waals surface area contributed by atoms with Crippen molar-refractivity contribution in [3.05, 3.63) is 22.4 Å². The Labute approximate surface area is 160 Å². The number of thiophene rings is 1. The van der Waals surface area contributed by atoms with Crippen LogP contribution >= 0.6 is 11.3 Å². The van der Waals surface area contributed by atoms with Gasteiger partial charge in [0.15, 0.2) is 0 Å². The molecule has 2 atom stereocenters. The summed E-state index contributed by atoms with van der Waals surface area (Å²) < 4.78 is 5.78. The lowest BCUT2D eigenvalue weighted by molar-refractivity contribution is -0.125. The molecule has 1 aliphatic rings. The second-order valence-electron chi connectivity index (χ2n) is 7.56. The fraction of sp³-hybridized carbons (Fsp3) is 0.684. The standard InChI is InChI=1S/C19H31N3O3S/c1-13(2)11-22-7-8-25-15(12-22)10-20-19(24)17(14(3)4)21-18(23)16-6-5-9-26-16/h5-6,9,13-15,17H,7-8,10-12H2,1-4H3,(H,20,24)(H,21,23)/t15-,17-/m0/s1. The van der Waals surface area contributed by atoms with Gasteiger partial charge >= 0.3 is 0 Å². The molecule has 2 heterocycles. The largest absolute Gasteiger partial charge is 0.374 e. The summed E-state index contributed by atoms with van der Waals surface area (Å²) in [5.74, 6) is 0.255. The van der Waals surface area contributed by atoms with E-state index in [0.29, 0.717) is 23.9 Å². The quantitative estimate of drug-likeness (QED) is 0.722. The normalized spacial score (nSPS) is 19.5. The average Bonchev–Trinajstić information content (AvgIpc) is 3.11. The molecule has 0 saturated carbocycles. The van der Waals surface area contributed by atoms with Crippen LogP contribution in [-0.4, -0.2) is 61.6 Å². The van der Waals surface area contributed by atoms with Gasteiger partial charge in [-0.15, -0.1) is 11.3 Å². The van der Waals surface area contributed by atoms with Crippen LogP contribution in [0.25, 0.3) is 0 Å². The van der Waals surface area contributed by atoms with Gasteiger partial charge in [0.1, 0.15) is 6.04 Å². The third kappa shape index (κ3) is 6.37. The lowest BCUT2D eigenvalue weighted by Crippen LogP contribution is -2.53. The van der Waals surface area contributed by atoms with Crippen molar-refractivity contribution >= 4 is 23.2 Å². The number of rotatable bonds is 8. The molecule has 6 nitrogen and oxygen atoms in total. The molecular weight excluding hydrogens is 350 g/mol. The number of nitrogens with one attached hydrogen (secondary N) is 2. The Morgan fingerprint density at radius 3 is 2.73 bits per heavy atom. The second kappa shape index (κ2) is 10.0. The highest BCUT2D eigenvalue weighted by Gasteiger charge is 2.27. The lowest BCUT2D eigenvalue weighted by atomic mass is 10.0. The first kappa shape index (κ1) is 20.9. The molecule has 1 aromatic heterocycles. The van der Waals surface area contributed by atoms with Gasteiger partial charge < -0.3 is 15.4 Å². The van der Waals surface area contributed by atoms with E-state index in [0.717, 1.165) is 19.6 Å². The van der Waals surface area contributed by atoms with Crippen molar-refractivity contribution in [3.8, 4) is 0 Å². The van der Waals surface area contributed by atoms with E-state index in [1.807, 2.05) is 25.3 Å². The van der Waals surface area contributed by atoms with Gasteiger partial charge in [-0.05, 0) is 23.3 Å². The summed E-state index contributed by atoms with van der Waals surface area (Å²) in [7, 11) is 0. The van der Waals surface area contributed by atoms with E-state index in [4.69, 9.17) is 4.74 Å². The maximum atomic E-state index is 12.6. The molecule has 1 fully saturated rings. The first-order valence-corrected chi connectivity index (χ1v) is 10.2. The molecule has 0 aromatic carbocycles. The molecule has 7 heteroatoms. The highest BCUT2D eigenvalue weighted by Crippen LogP contribution is 2.11. The molecule has 0 bridgehead atoms. The van der Waals surface area contributed by atoms with Crippen molar-refractivity contribution < 1.29 is 14.3 Å². The summed E-state index contributed by atoms with van der Waals surface area (Å²) in [6, 6.07) is 3.03. The Bertz CT molecular complexity index is 575. The molecular formula is C19H31N3O3S. The number of ether oxygens (including phenoxy) is 1. The first-order valence-electron chi connectivity index (χ1n) is 9.32. The van der Waals surface area contributed by atoms with E-state index in [9.17, 15) is 9.59 Å². The number of hydrogen-bond acceptors (Lipinski definition) is 5. The molecule has 0 spiro atoms. The van der Waals surface area contributed by atoms with Crippen molar-refractivity contribution in [2.24, 2.45) is 11.8 Å². The molecule has 26 heavy (non-hydrogen) atoms. The summed E-state index contributed by atoms with van der Waals surface area (Å²) in [6.07, 6.45) is -0.00717. The third-order valence-electron chi connectivity index (χ3n) is 4.33. The number of nitrogens with zero attached hydrogens (tertiary/aromatic N) is 1. The molecule has 2 rings (SSSR count). The predicted molar refractivity (Wildman–Crippen MR) is 104 cm³/mol. The van der Waals surface area contributed by atoms with Crippen LogP contribution in [0.15, 0.2) is 17.5 Å². The van der Waals surface area contributed by atoms with Gasteiger partial charge in [-0.1, -0.05) is 33.8 Å². The minimum absolute atomic E-state index is 0.00336. The summed E-state index contributed by atoms with van der Waals surface area (Å²) in [6.45, 7) is 12.2. The zero-order chi connectivity index (χ0) is 19.1. The Morgan fingerprint density at radius 2 is 2.12 bits per heavy atom. The van der Waals surface area contributed by atoms with Gasteiger partial charge in [0, 0.05) is 26.2 Å². The first-order chi connectivity index (χ1) is 12.4. The summed E-state index contributed by atoms with van der Waals surface area (Å²) in [4.78, 5) is 27.9. The van der Waals surface area contributed by atoms with E-state index in [1.54, 1.807) is 6.07 Å². The van der Waals surface area contributed by atoms with Crippen molar-refractivity contribution in [1.82, 2.24) is 15.5 Å². The van der Waals surface area contributed by atoms with Crippen LogP contribution in [0.1, 0.15) is 37.4 Å². The molecule has 0 aliphatic carbocycles. The highest BCUT2D eigenvalue weighted by atomic mass is 32.1. The van der Waals surface area contributed by atoms with Crippen LogP contribution in [0.4, 0.5) is 0 Å². The number of morpholine rings is 1. The average molecular weight is 382 g/mol. The van der Waals surface area contributed by atoms with Crippen LogP contribution in [0, 0.1) is 11.8 Å². The fourth-order valence-corrected chi connectivity index (χ4v) is 3.69. The van der Waals surface area contributed by atoms with Gasteiger partial charge in [0.2, 0.25) is 5.91 Å². The SMILES string of the molecule is CC(C)CN1CCO[C@@H](CNC(=O)[C@@H](NC(=O)c2cccs2)C(C)C)C1. The Kier molecular flexibility index (Phi) is 8.06. The highest BCUT2D eigenvalue weighted by molar-refractivity contribution is 7.12. The number of amides is 2. The predicted octanol–water partition coefficient (Wildman–Crippen LogP) is 1.98. The van der Waals surface area contributed by atoms with E-state index in [2.05, 4.69) is 29.4 Å². The van der Waals surface area contributed by atoms with Crippen molar-refractivity contribution in [2.75, 3.05) is 32.8 Å². The minimum Gasteiger partial charge on any atom is -0.374 e. The third-order valence-corrected chi connectivity index (χ3v) is 5.20. The number of carbonyl (C=O) groups excluding carboxylic acids is 2. The lowest BCUT2D eigenvalue weighted by Gasteiger charge is -2.34. The maximum Gasteiger partial charge on any atom is 0.262 e. The van der Waals surface area contributed by atoms with Crippen molar-refractivity contribution in [3.63, 3.8) is 0 Å². The zero-order valence-electron chi connectivity index (χ0n) is 16.2. The van der Waals surface area contributed by atoms with Crippen LogP contribution in [0.5, 0.6) is 0 Å². The van der Waals surface area contributed by atoms with Crippen LogP contribution in [0.2, 0.25) is 0 Å². The van der Waals surface area contributed by atoms with E-state index in [1.165, 1.54) is 11.3 Å². The second-order valence-corrected chi connectivity index (χ2v) is 8.51. The van der Waals surface area contributed by atoms with Crippen molar-refractivity contribution in [2.45, 2.75) is 39.8 Å². The molecule has 1 aromatic rings. The van der Waals surface area contributed by atoms with E-state index < -0.39 is 6.04 Å². The Morgan fingerprint density at radius 1 is 1.35 bits per heavy atom. The van der Waals surface area contributed by atoms with Gasteiger partial charge in [0.05, 0.1) is 17.6 Å². The number of hydrogen-bond donors (Lipinski definition) is 2. The Balaban J connectivity index is 1.84. The maximum absolute atomic E-state index is 12.6. The summed E-state index contributed by atoms with van der Waals surface area (Å²) >= 11 is 1.37. The van der Waals surface area contributed by atoms with Gasteiger partial charge in [-0.2, -0.15) is 0 Å². The van der Waals surface area contributed by atoms with Gasteiger partial charge in [-0.3, -0.25) is 14.5 Å². The molecule has 1 aliphatic heterocycles. The molecule has 2 N–H and O–H groups in total. The van der Waals surface area contributed by atoms with Crippen LogP contribution in [-0.2, 0) is 9.53 Å². The summed E-state index contributed by atoms with van der Waals surface area (Å²) in [5.41, 5.74) is 0. The number of carbonyl (C=O) groups is 2. The van der Waals surface area contributed by atoms with Gasteiger partial charge in [0.25, 0.3) is 5.91 Å². The van der Waals surface area contributed by atoms with E-state index >= 15 is 0 Å². The molecule has 146 valence electrons. The molecule has 2 amide bonds. The van der Waals surface area contributed by atoms with Crippen LogP contribution in [0.3, 0.4) is 0 Å². The fourth-order valence-electron chi connectivity index (χ4n) is 3.07. The summed E-state index contributed by atoms with van der Waals surface area (Å²) in [5, 5.41) is 7.66. The zero-order valence-corrected chi connectivity index (χ0v) is 17.0. The smallest absolute Gasteiger partial charge is 0.262 e. The van der Waals surface area contributed by atoms with Crippen LogP contribution < -0.4 is 10.6 Å². The molecule has 0 radical (unpaired) electrons. The van der Waals surface area contributed by atoms with Crippen molar-refractivity contribution in [1.29, 1.82) is 0 Å². The minimum atomic E-state index is -0.556. The van der Waals surface area contributed by atoms with E-state index in [-0.39, 0.29) is 23.8 Å². The monoisotopic (exact) mass is 381 g/mol. The Hall–Kier alpha value is -1.44.